The lowest BCUT2D eigenvalue weighted by molar-refractivity contribution is -0.143. The number of para-hydroxylation sites is 1. The van der Waals surface area contributed by atoms with Gasteiger partial charge in [0, 0.05) is 51.0 Å². The fourth-order valence-corrected chi connectivity index (χ4v) is 7.61. The molecule has 1 spiro atoms. The first-order valence-electron chi connectivity index (χ1n) is 13.5. The van der Waals surface area contributed by atoms with E-state index in [0.717, 1.165) is 19.3 Å². The molecule has 0 aromatic heterocycles. The van der Waals surface area contributed by atoms with Crippen LogP contribution in [-0.4, -0.2) is 80.2 Å². The number of hydrogen-bond donors (Lipinski definition) is 1. The molecule has 2 amide bonds. The number of aliphatic hydroxyl groups is 1. The number of anilines is 1. The molecule has 3 aliphatic heterocycles. The number of carbonyl (C=O) groups is 3. The number of rotatable bonds is 8. The summed E-state index contributed by atoms with van der Waals surface area (Å²) in [5.41, 5.74) is -1.26. The van der Waals surface area contributed by atoms with Crippen LogP contribution in [0.3, 0.4) is 0 Å². The minimum Gasteiger partial charge on any atom is -0.507 e. The molecular formula is C29H33N3O7S. The molecule has 0 aliphatic carbocycles. The van der Waals surface area contributed by atoms with Gasteiger partial charge in [0.1, 0.15) is 5.76 Å². The highest BCUT2D eigenvalue weighted by molar-refractivity contribution is 7.89. The summed E-state index contributed by atoms with van der Waals surface area (Å²) in [5.74, 6) is -3.02. The van der Waals surface area contributed by atoms with E-state index in [1.165, 1.54) is 45.5 Å². The molecule has 1 N–H and O–H groups in total. The van der Waals surface area contributed by atoms with Gasteiger partial charge in [0.25, 0.3) is 17.6 Å². The van der Waals surface area contributed by atoms with Crippen molar-refractivity contribution in [3.05, 3.63) is 65.2 Å². The third-order valence-electron chi connectivity index (χ3n) is 7.92. The van der Waals surface area contributed by atoms with Gasteiger partial charge in [-0.25, -0.2) is 8.42 Å². The van der Waals surface area contributed by atoms with Crippen molar-refractivity contribution in [2.24, 2.45) is 0 Å². The van der Waals surface area contributed by atoms with Gasteiger partial charge in [-0.1, -0.05) is 36.8 Å². The molecule has 2 saturated heterocycles. The first kappa shape index (κ1) is 28.0. The standard InChI is InChI=1S/C29H33N3O7S/c1-3-31-23-14-6-5-13-22(23)29(28(31)36)24(26(34)27(35)32(29)17-10-18-39-2)25(33)20-11-9-12-21(19-20)40(37,38)30-15-7-4-8-16-30/h5-6,9,11-14,19,33H,3-4,7-8,10,15-18H2,1-2H3/b25-24+. The molecule has 2 fully saturated rings. The molecule has 5 rings (SSSR count). The highest BCUT2D eigenvalue weighted by Gasteiger charge is 2.66. The van der Waals surface area contributed by atoms with Gasteiger partial charge in [-0.3, -0.25) is 14.4 Å². The van der Waals surface area contributed by atoms with Gasteiger partial charge < -0.3 is 19.6 Å². The van der Waals surface area contributed by atoms with Crippen molar-refractivity contribution in [1.29, 1.82) is 0 Å². The van der Waals surface area contributed by atoms with Crippen LogP contribution >= 0.6 is 0 Å². The lowest BCUT2D eigenvalue weighted by Crippen LogP contribution is -2.52. The quantitative estimate of drug-likeness (QED) is 0.225. The Morgan fingerprint density at radius 1 is 1.02 bits per heavy atom. The average Bonchev–Trinajstić information content (AvgIpc) is 3.35. The number of hydrogen-bond acceptors (Lipinski definition) is 7. The maximum atomic E-state index is 14.2. The minimum absolute atomic E-state index is 0.0323. The molecule has 2 aromatic rings. The summed E-state index contributed by atoms with van der Waals surface area (Å²) >= 11 is 0. The van der Waals surface area contributed by atoms with Crippen LogP contribution in [0.2, 0.25) is 0 Å². The molecule has 212 valence electrons. The summed E-state index contributed by atoms with van der Waals surface area (Å²) in [6.07, 6.45) is 2.85. The second-order valence-electron chi connectivity index (χ2n) is 10.1. The lowest BCUT2D eigenvalue weighted by atomic mass is 9.82. The second-order valence-corrected chi connectivity index (χ2v) is 12.1. The van der Waals surface area contributed by atoms with Gasteiger partial charge in [0.2, 0.25) is 10.0 Å². The maximum absolute atomic E-state index is 14.2. The number of likely N-dealkylation sites (tertiary alicyclic amines) is 1. The zero-order chi connectivity index (χ0) is 28.7. The van der Waals surface area contributed by atoms with Gasteiger partial charge in [-0.2, -0.15) is 4.31 Å². The molecule has 11 heteroatoms. The predicted molar refractivity (Wildman–Crippen MR) is 148 cm³/mol. The van der Waals surface area contributed by atoms with Gasteiger partial charge in [0.05, 0.1) is 16.2 Å². The van der Waals surface area contributed by atoms with Gasteiger partial charge in [-0.05, 0) is 44.4 Å². The van der Waals surface area contributed by atoms with Crippen molar-refractivity contribution < 1.29 is 32.6 Å². The molecular weight excluding hydrogens is 534 g/mol. The molecule has 40 heavy (non-hydrogen) atoms. The minimum atomic E-state index is -3.84. The van der Waals surface area contributed by atoms with E-state index < -0.39 is 38.9 Å². The van der Waals surface area contributed by atoms with Crippen LogP contribution in [0, 0.1) is 0 Å². The molecule has 0 radical (unpaired) electrons. The largest absolute Gasteiger partial charge is 0.507 e. The van der Waals surface area contributed by atoms with E-state index in [0.29, 0.717) is 37.4 Å². The molecule has 0 bridgehead atoms. The number of nitrogens with zero attached hydrogens (tertiary/aromatic N) is 3. The topological polar surface area (TPSA) is 125 Å². The van der Waals surface area contributed by atoms with E-state index in [4.69, 9.17) is 4.74 Å². The number of likely N-dealkylation sites (N-methyl/N-ethyl adjacent to an activating group) is 1. The van der Waals surface area contributed by atoms with E-state index in [1.807, 2.05) is 0 Å². The van der Waals surface area contributed by atoms with E-state index in [2.05, 4.69) is 0 Å². The summed E-state index contributed by atoms with van der Waals surface area (Å²) in [6, 6.07) is 12.6. The van der Waals surface area contributed by atoms with Crippen molar-refractivity contribution in [1.82, 2.24) is 9.21 Å². The molecule has 1 unspecified atom stereocenters. The summed E-state index contributed by atoms with van der Waals surface area (Å²) in [6.45, 7) is 3.22. The number of ketones is 1. The smallest absolute Gasteiger partial charge is 0.296 e. The highest BCUT2D eigenvalue weighted by atomic mass is 32.2. The van der Waals surface area contributed by atoms with Crippen LogP contribution in [0.25, 0.3) is 5.76 Å². The van der Waals surface area contributed by atoms with Crippen molar-refractivity contribution in [3.8, 4) is 0 Å². The van der Waals surface area contributed by atoms with Crippen LogP contribution in [0.15, 0.2) is 59.0 Å². The van der Waals surface area contributed by atoms with Crippen LogP contribution < -0.4 is 4.90 Å². The fourth-order valence-electron chi connectivity index (χ4n) is 6.05. The molecule has 3 heterocycles. The van der Waals surface area contributed by atoms with Crippen molar-refractivity contribution in [3.63, 3.8) is 0 Å². The number of sulfonamides is 1. The number of piperidine rings is 1. The molecule has 2 aromatic carbocycles. The van der Waals surface area contributed by atoms with Crippen LogP contribution in [0.4, 0.5) is 5.69 Å². The Morgan fingerprint density at radius 2 is 1.75 bits per heavy atom. The average molecular weight is 568 g/mol. The third kappa shape index (κ3) is 4.15. The molecule has 10 nitrogen and oxygen atoms in total. The summed E-state index contributed by atoms with van der Waals surface area (Å²) < 4.78 is 33.3. The van der Waals surface area contributed by atoms with Gasteiger partial charge in [0.15, 0.2) is 5.54 Å². The zero-order valence-corrected chi connectivity index (χ0v) is 23.4. The number of benzene rings is 2. The Morgan fingerprint density at radius 3 is 2.45 bits per heavy atom. The monoisotopic (exact) mass is 567 g/mol. The number of carbonyl (C=O) groups excluding carboxylic acids is 3. The number of ether oxygens (including phenoxy) is 1. The number of fused-ring (bicyclic) bond motifs is 2. The summed E-state index contributed by atoms with van der Waals surface area (Å²) in [5, 5.41) is 11.7. The Hall–Kier alpha value is -3.54. The Bertz CT molecular complexity index is 1500. The van der Waals surface area contributed by atoms with E-state index in [1.54, 1.807) is 31.2 Å². The second kappa shape index (κ2) is 10.8. The van der Waals surface area contributed by atoms with Crippen molar-refractivity contribution in [2.75, 3.05) is 44.8 Å². The van der Waals surface area contributed by atoms with E-state index in [9.17, 15) is 27.9 Å². The molecule has 1 atom stereocenters. The Balaban J connectivity index is 1.71. The highest BCUT2D eigenvalue weighted by Crippen LogP contribution is 2.53. The van der Waals surface area contributed by atoms with E-state index in [-0.39, 0.29) is 29.1 Å². The van der Waals surface area contributed by atoms with Crippen LogP contribution in [-0.2, 0) is 34.7 Å². The first-order valence-corrected chi connectivity index (χ1v) is 15.0. The first-order chi connectivity index (χ1) is 19.2. The normalized spacial score (nSPS) is 22.9. The zero-order valence-electron chi connectivity index (χ0n) is 22.6. The summed E-state index contributed by atoms with van der Waals surface area (Å²) in [7, 11) is -2.33. The number of amides is 2. The third-order valence-corrected chi connectivity index (χ3v) is 9.81. The maximum Gasteiger partial charge on any atom is 0.296 e. The van der Waals surface area contributed by atoms with Crippen LogP contribution in [0.5, 0.6) is 0 Å². The molecule has 0 saturated carbocycles. The van der Waals surface area contributed by atoms with Gasteiger partial charge in [-0.15, -0.1) is 0 Å². The lowest BCUT2D eigenvalue weighted by Gasteiger charge is -2.34. The molecule has 3 aliphatic rings. The van der Waals surface area contributed by atoms with Crippen molar-refractivity contribution >= 4 is 39.1 Å². The van der Waals surface area contributed by atoms with Crippen LogP contribution in [0.1, 0.15) is 43.7 Å². The Labute approximate surface area is 233 Å². The summed E-state index contributed by atoms with van der Waals surface area (Å²) in [4.78, 5) is 44.1. The number of aliphatic hydroxyl groups excluding tert-OH is 1. The van der Waals surface area contributed by atoms with E-state index >= 15 is 0 Å². The fraction of sp³-hybridized carbons (Fsp3) is 0.414. The number of methoxy groups -OCH3 is 1. The Kier molecular flexibility index (Phi) is 7.56. The van der Waals surface area contributed by atoms with Gasteiger partial charge >= 0.3 is 0 Å². The predicted octanol–water partition coefficient (Wildman–Crippen LogP) is 2.84. The SMILES string of the molecule is CCN1C(=O)C2(/C(=C(/O)c3cccc(S(=O)(=O)N4CCCCC4)c3)C(=O)C(=O)N2CCCOC)c2ccccc21. The van der Waals surface area contributed by atoms with Crippen molar-refractivity contribution in [2.45, 2.75) is 43.0 Å². The number of Topliss-reactive ketones (excluding diaryl/α,β-unsaturated/α-hetero) is 1.